The number of nitrogens with zero attached hydrogens (tertiary/aromatic N) is 2. The number of hydroxylamine groups is 1. The Morgan fingerprint density at radius 3 is 2.89 bits per heavy atom. The van der Waals surface area contributed by atoms with Crippen molar-refractivity contribution in [1.82, 2.24) is 15.4 Å². The van der Waals surface area contributed by atoms with Crippen LogP contribution in [0.3, 0.4) is 0 Å². The van der Waals surface area contributed by atoms with E-state index >= 15 is 0 Å². The van der Waals surface area contributed by atoms with Gasteiger partial charge in [-0.2, -0.15) is 0 Å². The number of carbonyl (C=O) groups excluding carboxylic acids is 1. The lowest BCUT2D eigenvalue weighted by atomic mass is 9.86. The van der Waals surface area contributed by atoms with Crippen LogP contribution in [0, 0.1) is 6.92 Å². The summed E-state index contributed by atoms with van der Waals surface area (Å²) in [6.07, 6.45) is 6.88. The van der Waals surface area contributed by atoms with E-state index in [-0.39, 0.29) is 17.9 Å². The second kappa shape index (κ2) is 9.13. The van der Waals surface area contributed by atoms with Gasteiger partial charge in [0.2, 0.25) is 0 Å². The van der Waals surface area contributed by atoms with E-state index in [0.29, 0.717) is 19.7 Å². The van der Waals surface area contributed by atoms with Gasteiger partial charge in [-0.25, -0.2) is 15.1 Å². The van der Waals surface area contributed by atoms with Crippen molar-refractivity contribution in [3.05, 3.63) is 59.8 Å². The molecule has 3 aliphatic rings. The van der Waals surface area contributed by atoms with Crippen molar-refractivity contribution in [2.75, 3.05) is 19.7 Å². The maximum absolute atomic E-state index is 12.6. The largest absolute Gasteiger partial charge is 0.487 e. The minimum atomic E-state index is -0.340. The predicted molar refractivity (Wildman–Crippen MR) is 133 cm³/mol. The lowest BCUT2D eigenvalue weighted by Crippen LogP contribution is -2.52. The zero-order valence-electron chi connectivity index (χ0n) is 20.1. The van der Waals surface area contributed by atoms with Crippen molar-refractivity contribution in [3.63, 3.8) is 0 Å². The highest BCUT2D eigenvalue weighted by molar-refractivity contribution is 5.88. The Labute approximate surface area is 205 Å². The molecule has 0 saturated carbocycles. The molecule has 1 aromatic heterocycles. The first-order valence-corrected chi connectivity index (χ1v) is 12.6. The molecule has 6 rings (SSSR count). The molecule has 1 unspecified atom stereocenters. The SMILES string of the molecule is Cc1c(-c2ccc3c(c2)CC2(CCN(C(=O)NOC4CCCCO4)CC2)O3)ccc2cccnc12. The van der Waals surface area contributed by atoms with Crippen LogP contribution in [0.1, 0.15) is 43.2 Å². The third kappa shape index (κ3) is 4.34. The van der Waals surface area contributed by atoms with Crippen LogP contribution in [0.15, 0.2) is 48.7 Å². The van der Waals surface area contributed by atoms with E-state index in [4.69, 9.17) is 14.3 Å². The summed E-state index contributed by atoms with van der Waals surface area (Å²) in [6.45, 7) is 4.10. The quantitative estimate of drug-likeness (QED) is 0.533. The molecule has 2 amide bonds. The highest BCUT2D eigenvalue weighted by Gasteiger charge is 2.43. The molecule has 1 atom stereocenters. The zero-order chi connectivity index (χ0) is 23.8. The van der Waals surface area contributed by atoms with Crippen molar-refractivity contribution in [2.24, 2.45) is 0 Å². The van der Waals surface area contributed by atoms with Gasteiger partial charge in [0.1, 0.15) is 11.4 Å². The molecular weight excluding hydrogens is 442 g/mol. The Bertz CT molecular complexity index is 1250. The van der Waals surface area contributed by atoms with Crippen LogP contribution >= 0.6 is 0 Å². The molecule has 7 heteroatoms. The number of hydrogen-bond acceptors (Lipinski definition) is 5. The molecule has 4 heterocycles. The summed E-state index contributed by atoms with van der Waals surface area (Å²) in [6, 6.07) is 14.7. The smallest absolute Gasteiger partial charge is 0.341 e. The van der Waals surface area contributed by atoms with Crippen molar-refractivity contribution in [3.8, 4) is 16.9 Å². The number of aromatic nitrogens is 1. The van der Waals surface area contributed by atoms with Gasteiger partial charge >= 0.3 is 6.03 Å². The number of aryl methyl sites for hydroxylation is 1. The number of nitrogens with one attached hydrogen (secondary N) is 1. The van der Waals surface area contributed by atoms with E-state index in [1.807, 2.05) is 12.3 Å². The number of amides is 2. The maximum Gasteiger partial charge on any atom is 0.341 e. The van der Waals surface area contributed by atoms with E-state index in [0.717, 1.165) is 55.2 Å². The van der Waals surface area contributed by atoms with Gasteiger partial charge in [0, 0.05) is 57.0 Å². The number of ether oxygens (including phenoxy) is 2. The molecule has 0 aliphatic carbocycles. The molecular formula is C28H31N3O4. The summed E-state index contributed by atoms with van der Waals surface area (Å²) in [7, 11) is 0. The highest BCUT2D eigenvalue weighted by Crippen LogP contribution is 2.43. The van der Waals surface area contributed by atoms with Gasteiger partial charge in [-0.3, -0.25) is 4.98 Å². The van der Waals surface area contributed by atoms with Gasteiger partial charge in [0.05, 0.1) is 5.52 Å². The minimum Gasteiger partial charge on any atom is -0.487 e. The summed E-state index contributed by atoms with van der Waals surface area (Å²) in [5.74, 6) is 0.959. The lowest BCUT2D eigenvalue weighted by molar-refractivity contribution is -0.188. The third-order valence-corrected chi connectivity index (χ3v) is 7.62. The predicted octanol–water partition coefficient (Wildman–Crippen LogP) is 5.15. The van der Waals surface area contributed by atoms with Crippen molar-refractivity contribution in [1.29, 1.82) is 0 Å². The molecule has 1 N–H and O–H groups in total. The number of carbonyl (C=O) groups is 1. The number of likely N-dealkylation sites (tertiary alicyclic amines) is 1. The van der Waals surface area contributed by atoms with Crippen molar-refractivity contribution >= 4 is 16.9 Å². The van der Waals surface area contributed by atoms with Gasteiger partial charge in [0.15, 0.2) is 6.29 Å². The Morgan fingerprint density at radius 1 is 1.17 bits per heavy atom. The van der Waals surface area contributed by atoms with Crippen LogP contribution in [0.25, 0.3) is 22.0 Å². The van der Waals surface area contributed by atoms with Crippen LogP contribution in [0.2, 0.25) is 0 Å². The normalized spacial score (nSPS) is 21.1. The first-order valence-electron chi connectivity index (χ1n) is 12.6. The Morgan fingerprint density at radius 2 is 2.06 bits per heavy atom. The first-order chi connectivity index (χ1) is 17.1. The molecule has 182 valence electrons. The Hall–Kier alpha value is -3.16. The second-order valence-electron chi connectivity index (χ2n) is 9.91. The average Bonchev–Trinajstić information content (AvgIpc) is 3.25. The molecule has 2 aromatic carbocycles. The lowest BCUT2D eigenvalue weighted by Gasteiger charge is -2.38. The number of rotatable bonds is 3. The van der Waals surface area contributed by atoms with Gasteiger partial charge in [-0.1, -0.05) is 24.3 Å². The van der Waals surface area contributed by atoms with E-state index in [1.165, 1.54) is 22.3 Å². The zero-order valence-corrected chi connectivity index (χ0v) is 20.1. The molecule has 35 heavy (non-hydrogen) atoms. The summed E-state index contributed by atoms with van der Waals surface area (Å²) < 4.78 is 12.0. The van der Waals surface area contributed by atoms with Crippen LogP contribution in [-0.4, -0.2) is 47.5 Å². The standard InChI is InChI=1S/C28H31N3O4/c1-19-23(9-7-20-5-4-13-29-26(19)20)21-8-10-24-22(17-21)18-28(34-24)11-14-31(15-12-28)27(32)30-35-25-6-2-3-16-33-25/h4-5,7-10,13,17,25H,2-3,6,11-12,14-16,18H2,1H3,(H,30,32). The van der Waals surface area contributed by atoms with E-state index in [1.54, 1.807) is 4.90 Å². The number of fused-ring (bicyclic) bond motifs is 2. The maximum atomic E-state index is 12.6. The molecule has 0 radical (unpaired) electrons. The summed E-state index contributed by atoms with van der Waals surface area (Å²) in [5.41, 5.74) is 8.19. The molecule has 3 aromatic rings. The topological polar surface area (TPSA) is 72.9 Å². The Balaban J connectivity index is 1.11. The number of piperidine rings is 1. The van der Waals surface area contributed by atoms with Crippen LogP contribution in [0.4, 0.5) is 4.79 Å². The molecule has 7 nitrogen and oxygen atoms in total. The van der Waals surface area contributed by atoms with Gasteiger partial charge in [-0.15, -0.1) is 0 Å². The first kappa shape index (κ1) is 22.3. The molecule has 2 fully saturated rings. The fourth-order valence-electron chi connectivity index (χ4n) is 5.59. The highest BCUT2D eigenvalue weighted by atomic mass is 16.8. The van der Waals surface area contributed by atoms with E-state index in [9.17, 15) is 4.79 Å². The average molecular weight is 474 g/mol. The number of pyridine rings is 1. The van der Waals surface area contributed by atoms with Gasteiger partial charge < -0.3 is 14.4 Å². The minimum absolute atomic E-state index is 0.202. The fraction of sp³-hybridized carbons (Fsp3) is 0.429. The van der Waals surface area contributed by atoms with Crippen molar-refractivity contribution < 1.29 is 19.1 Å². The summed E-state index contributed by atoms with van der Waals surface area (Å²) in [5, 5.41) is 1.16. The monoisotopic (exact) mass is 473 g/mol. The van der Waals surface area contributed by atoms with E-state index in [2.05, 4.69) is 53.8 Å². The van der Waals surface area contributed by atoms with Crippen molar-refractivity contribution in [2.45, 2.75) is 57.3 Å². The third-order valence-electron chi connectivity index (χ3n) is 7.62. The van der Waals surface area contributed by atoms with E-state index < -0.39 is 0 Å². The van der Waals surface area contributed by atoms with Gasteiger partial charge in [-0.05, 0) is 60.2 Å². The Kier molecular flexibility index (Phi) is 5.82. The van der Waals surface area contributed by atoms with Gasteiger partial charge in [0.25, 0.3) is 0 Å². The molecule has 0 bridgehead atoms. The number of benzene rings is 2. The molecule has 2 saturated heterocycles. The van der Waals surface area contributed by atoms with Crippen LogP contribution < -0.4 is 10.2 Å². The molecule has 1 spiro atoms. The second-order valence-corrected chi connectivity index (χ2v) is 9.91. The number of urea groups is 1. The van der Waals surface area contributed by atoms with Crippen LogP contribution in [-0.2, 0) is 16.0 Å². The molecule has 3 aliphatic heterocycles. The summed E-state index contributed by atoms with van der Waals surface area (Å²) >= 11 is 0. The number of hydrogen-bond donors (Lipinski definition) is 1. The fourth-order valence-corrected chi connectivity index (χ4v) is 5.59. The van der Waals surface area contributed by atoms with Crippen LogP contribution in [0.5, 0.6) is 5.75 Å². The summed E-state index contributed by atoms with van der Waals surface area (Å²) in [4.78, 5) is 24.4.